The number of nitrogens with zero attached hydrogens (tertiary/aromatic N) is 1. The number of hydrogen-bond acceptors (Lipinski definition) is 4. The summed E-state index contributed by atoms with van der Waals surface area (Å²) in [4.78, 5) is 4.08. The molecule has 0 bridgehead atoms. The molecule has 1 aliphatic rings. The Labute approximate surface area is 200 Å². The molecule has 4 heteroatoms. The molecule has 0 radical (unpaired) electrons. The fraction of sp³-hybridized carbons (Fsp3) is 0.233. The number of pyridine rings is 1. The van der Waals surface area contributed by atoms with Crippen molar-refractivity contribution in [2.45, 2.75) is 25.7 Å². The van der Waals surface area contributed by atoms with E-state index in [1.807, 2.05) is 12.1 Å². The number of fused-ring (bicyclic) bond motifs is 6. The molecule has 34 heavy (non-hydrogen) atoms. The van der Waals surface area contributed by atoms with E-state index in [0.717, 1.165) is 10.8 Å². The van der Waals surface area contributed by atoms with Crippen LogP contribution in [0.5, 0.6) is 17.2 Å². The summed E-state index contributed by atoms with van der Waals surface area (Å²) in [5.74, 6) is 1.88. The number of aromatic nitrogens is 1. The Kier molecular flexibility index (Phi) is 6.22. The van der Waals surface area contributed by atoms with E-state index >= 15 is 0 Å². The molecule has 0 N–H and O–H groups in total. The van der Waals surface area contributed by atoms with E-state index in [4.69, 9.17) is 14.2 Å². The Balaban J connectivity index is 0.000000143. The first kappa shape index (κ1) is 22.0. The molecule has 6 rings (SSSR count). The first-order valence-corrected chi connectivity index (χ1v) is 11.7. The lowest BCUT2D eigenvalue weighted by molar-refractivity contribution is 0.327. The molecule has 0 unspecified atom stereocenters. The van der Waals surface area contributed by atoms with Crippen molar-refractivity contribution < 1.29 is 14.2 Å². The summed E-state index contributed by atoms with van der Waals surface area (Å²) < 4.78 is 15.9. The number of aryl methyl sites for hydroxylation is 2. The minimum atomic E-state index is 0.588. The van der Waals surface area contributed by atoms with Gasteiger partial charge in [-0.05, 0) is 75.9 Å². The van der Waals surface area contributed by atoms with Crippen molar-refractivity contribution in [1.29, 1.82) is 0 Å². The highest BCUT2D eigenvalue weighted by molar-refractivity contribution is 6.08. The molecule has 172 valence electrons. The van der Waals surface area contributed by atoms with E-state index in [9.17, 15) is 0 Å². The maximum absolute atomic E-state index is 5.35. The molecule has 1 aromatic heterocycles. The summed E-state index contributed by atoms with van der Waals surface area (Å²) >= 11 is 0. The molecule has 4 nitrogen and oxygen atoms in total. The van der Waals surface area contributed by atoms with Crippen LogP contribution < -0.4 is 14.2 Å². The van der Waals surface area contributed by atoms with Crippen molar-refractivity contribution in [3.63, 3.8) is 0 Å². The maximum Gasteiger partial charge on any atom is 0.204 e. The molecule has 4 aromatic carbocycles. The van der Waals surface area contributed by atoms with Crippen molar-refractivity contribution in [1.82, 2.24) is 4.98 Å². The second kappa shape index (κ2) is 9.60. The molecule has 1 aliphatic carbocycles. The van der Waals surface area contributed by atoms with Crippen molar-refractivity contribution in [3.8, 4) is 17.2 Å². The van der Waals surface area contributed by atoms with Crippen LogP contribution in [0, 0.1) is 0 Å². The highest BCUT2D eigenvalue weighted by atomic mass is 16.5. The first-order chi connectivity index (χ1) is 16.7. The molecule has 0 aliphatic heterocycles. The molecule has 0 saturated heterocycles. The van der Waals surface area contributed by atoms with E-state index in [2.05, 4.69) is 53.5 Å². The number of ether oxygens (including phenoxy) is 3. The summed E-state index contributed by atoms with van der Waals surface area (Å²) in [6.07, 6.45) is 8.69. The van der Waals surface area contributed by atoms with Gasteiger partial charge in [-0.15, -0.1) is 0 Å². The number of rotatable bonds is 3. The second-order valence-corrected chi connectivity index (χ2v) is 8.53. The van der Waals surface area contributed by atoms with Crippen LogP contribution >= 0.6 is 0 Å². The topological polar surface area (TPSA) is 40.6 Å². The summed E-state index contributed by atoms with van der Waals surface area (Å²) in [6, 6.07) is 21.8. The van der Waals surface area contributed by atoms with Crippen LogP contribution in [0.1, 0.15) is 24.0 Å². The van der Waals surface area contributed by atoms with Crippen LogP contribution in [0.2, 0.25) is 0 Å². The molecule has 0 saturated carbocycles. The monoisotopic (exact) mass is 451 g/mol. The smallest absolute Gasteiger partial charge is 0.204 e. The Morgan fingerprint density at radius 2 is 1.44 bits per heavy atom. The molecule has 0 spiro atoms. The van der Waals surface area contributed by atoms with Gasteiger partial charge in [0.25, 0.3) is 0 Å². The fourth-order valence-electron chi connectivity index (χ4n) is 5.05. The van der Waals surface area contributed by atoms with Crippen LogP contribution in [0.25, 0.3) is 32.3 Å². The average molecular weight is 452 g/mol. The van der Waals surface area contributed by atoms with Gasteiger partial charge in [0.05, 0.1) is 21.3 Å². The van der Waals surface area contributed by atoms with Gasteiger partial charge in [-0.3, -0.25) is 4.98 Å². The van der Waals surface area contributed by atoms with Crippen molar-refractivity contribution >= 4 is 32.3 Å². The minimum Gasteiger partial charge on any atom is -0.493 e. The van der Waals surface area contributed by atoms with Crippen molar-refractivity contribution in [3.05, 3.63) is 84.2 Å². The molecule has 0 atom stereocenters. The van der Waals surface area contributed by atoms with Gasteiger partial charge in [-0.1, -0.05) is 48.5 Å². The maximum atomic E-state index is 5.35. The highest BCUT2D eigenvalue weighted by Gasteiger charge is 2.15. The van der Waals surface area contributed by atoms with Crippen molar-refractivity contribution in [2.24, 2.45) is 0 Å². The van der Waals surface area contributed by atoms with E-state index in [1.165, 1.54) is 47.2 Å². The molecular formula is C30H29NO3. The standard InChI is InChI=1S/C18H16.C12H13NO3/c1-3-7-15-13(5-1)9-11-18-16-8-4-2-6-14(16)10-12-17(15)18;1-14-10-6-8-4-5-13-7-9(8)11(15-2)12(10)16-3/h1,3,5,7,9-12H,2,4,6,8H2;4-7H,1-3H3. The van der Waals surface area contributed by atoms with Crippen LogP contribution in [-0.2, 0) is 12.8 Å². The Morgan fingerprint density at radius 1 is 0.647 bits per heavy atom. The van der Waals surface area contributed by atoms with Crippen LogP contribution in [0.3, 0.4) is 0 Å². The second-order valence-electron chi connectivity index (χ2n) is 8.53. The number of benzene rings is 4. The normalized spacial score (nSPS) is 12.7. The third kappa shape index (κ3) is 3.90. The first-order valence-electron chi connectivity index (χ1n) is 11.7. The SMILES string of the molecule is COc1cc2ccncc2c(OC)c1OC.c1ccc2c(c1)ccc1c3c(ccc12)CCCC3. The van der Waals surface area contributed by atoms with Crippen molar-refractivity contribution in [2.75, 3.05) is 21.3 Å². The third-order valence-corrected chi connectivity index (χ3v) is 6.70. The lowest BCUT2D eigenvalue weighted by Crippen LogP contribution is -2.02. The zero-order valence-corrected chi connectivity index (χ0v) is 19.9. The third-order valence-electron chi connectivity index (χ3n) is 6.70. The van der Waals surface area contributed by atoms with Gasteiger partial charge < -0.3 is 14.2 Å². The molecule has 0 fully saturated rings. The minimum absolute atomic E-state index is 0.588. The van der Waals surface area contributed by atoms with Crippen LogP contribution in [0.15, 0.2) is 73.1 Å². The van der Waals surface area contributed by atoms with Crippen LogP contribution in [-0.4, -0.2) is 26.3 Å². The Hall–Kier alpha value is -3.79. The summed E-state index contributed by atoms with van der Waals surface area (Å²) in [5.41, 5.74) is 3.17. The largest absolute Gasteiger partial charge is 0.493 e. The lowest BCUT2D eigenvalue weighted by atomic mass is 9.86. The Morgan fingerprint density at radius 3 is 2.26 bits per heavy atom. The van der Waals surface area contributed by atoms with Gasteiger partial charge in [-0.25, -0.2) is 0 Å². The zero-order chi connectivity index (χ0) is 23.5. The van der Waals surface area contributed by atoms with Gasteiger partial charge in [0.2, 0.25) is 5.75 Å². The molecule has 0 amide bonds. The molecule has 1 heterocycles. The van der Waals surface area contributed by atoms with Crippen LogP contribution in [0.4, 0.5) is 0 Å². The molecule has 5 aromatic rings. The van der Waals surface area contributed by atoms with E-state index in [0.29, 0.717) is 17.2 Å². The average Bonchev–Trinajstić information content (AvgIpc) is 2.91. The van der Waals surface area contributed by atoms with Gasteiger partial charge >= 0.3 is 0 Å². The van der Waals surface area contributed by atoms with Gasteiger partial charge in [0.1, 0.15) is 0 Å². The van der Waals surface area contributed by atoms with Gasteiger partial charge in [0, 0.05) is 17.8 Å². The predicted octanol–water partition coefficient (Wildman–Crippen LogP) is 7.13. The quantitative estimate of drug-likeness (QED) is 0.274. The zero-order valence-electron chi connectivity index (χ0n) is 19.9. The molecular weight excluding hydrogens is 422 g/mol. The summed E-state index contributed by atoms with van der Waals surface area (Å²) in [5, 5.41) is 7.55. The van der Waals surface area contributed by atoms with E-state index in [-0.39, 0.29) is 0 Å². The number of methoxy groups -OCH3 is 3. The fourth-order valence-corrected chi connectivity index (χ4v) is 5.05. The van der Waals surface area contributed by atoms with E-state index in [1.54, 1.807) is 44.8 Å². The van der Waals surface area contributed by atoms with Gasteiger partial charge in [-0.2, -0.15) is 0 Å². The number of hydrogen-bond donors (Lipinski definition) is 0. The summed E-state index contributed by atoms with van der Waals surface area (Å²) in [7, 11) is 4.79. The summed E-state index contributed by atoms with van der Waals surface area (Å²) in [6.45, 7) is 0. The lowest BCUT2D eigenvalue weighted by Gasteiger charge is -2.18. The highest BCUT2D eigenvalue weighted by Crippen LogP contribution is 2.42. The Bertz CT molecular complexity index is 1480. The van der Waals surface area contributed by atoms with Gasteiger partial charge in [0.15, 0.2) is 11.5 Å². The predicted molar refractivity (Wildman–Crippen MR) is 139 cm³/mol. The van der Waals surface area contributed by atoms with E-state index < -0.39 is 0 Å².